The fraction of sp³-hybridized carbons (Fsp3) is 0.556. The average molecular weight is 408 g/mol. The molecule has 3 rings (SSSR count). The van der Waals surface area contributed by atoms with Crippen molar-refractivity contribution in [2.45, 2.75) is 71.4 Å². The number of aryl methyl sites for hydroxylation is 1. The van der Waals surface area contributed by atoms with Crippen molar-refractivity contribution in [2.24, 2.45) is 0 Å². The molecular formula is C27H41N3. The molecule has 0 amide bonds. The summed E-state index contributed by atoms with van der Waals surface area (Å²) >= 11 is 0. The van der Waals surface area contributed by atoms with E-state index in [1.54, 1.807) is 0 Å². The van der Waals surface area contributed by atoms with Gasteiger partial charge in [0.15, 0.2) is 0 Å². The number of allylic oxidation sites excluding steroid dienone is 5. The molecule has 0 aromatic heterocycles. The Morgan fingerprint density at radius 1 is 1.20 bits per heavy atom. The molecule has 0 radical (unpaired) electrons. The van der Waals surface area contributed by atoms with Crippen molar-refractivity contribution >= 4 is 0 Å². The summed E-state index contributed by atoms with van der Waals surface area (Å²) in [7, 11) is 0. The highest BCUT2D eigenvalue weighted by Crippen LogP contribution is 2.18. The van der Waals surface area contributed by atoms with E-state index in [0.29, 0.717) is 6.04 Å². The Hall–Kier alpha value is -1.84. The summed E-state index contributed by atoms with van der Waals surface area (Å²) in [6, 6.07) is 9.55. The molecule has 2 N–H and O–H groups in total. The Kier molecular flexibility index (Phi) is 9.23. The van der Waals surface area contributed by atoms with Crippen LogP contribution in [0.1, 0.15) is 63.5 Å². The monoisotopic (exact) mass is 407 g/mol. The van der Waals surface area contributed by atoms with Crippen LogP contribution < -0.4 is 10.6 Å². The molecule has 2 aliphatic heterocycles. The van der Waals surface area contributed by atoms with Crippen LogP contribution in [-0.2, 0) is 13.0 Å². The standard InChI is InChI=1S/C27H41N3/c1-4-24-12-7-8-13-26(24)19-30-20-27(21-30)29-17-9-5-6-11-22(2)15-16-25-14-10-18-28-23(25)3/h7-8,12-13,15-16,27-29H,2,4-6,9-11,14,17-21H2,1,3H3/b16-15-. The highest BCUT2D eigenvalue weighted by atomic mass is 15.2. The van der Waals surface area contributed by atoms with Gasteiger partial charge in [0.2, 0.25) is 0 Å². The molecule has 2 aliphatic rings. The predicted octanol–water partition coefficient (Wildman–Crippen LogP) is 5.35. The topological polar surface area (TPSA) is 27.3 Å². The van der Waals surface area contributed by atoms with Crippen molar-refractivity contribution < 1.29 is 0 Å². The van der Waals surface area contributed by atoms with Crippen LogP contribution in [0, 0.1) is 0 Å². The molecule has 1 aromatic rings. The first-order valence-electron chi connectivity index (χ1n) is 12.0. The number of nitrogens with one attached hydrogen (secondary N) is 2. The fourth-order valence-corrected chi connectivity index (χ4v) is 4.45. The van der Waals surface area contributed by atoms with Gasteiger partial charge in [-0.3, -0.25) is 4.90 Å². The zero-order valence-electron chi connectivity index (χ0n) is 19.2. The van der Waals surface area contributed by atoms with Crippen molar-refractivity contribution in [1.82, 2.24) is 15.5 Å². The van der Waals surface area contributed by atoms with Crippen LogP contribution in [0.2, 0.25) is 0 Å². The summed E-state index contributed by atoms with van der Waals surface area (Å²) in [4.78, 5) is 2.56. The number of unbranched alkanes of at least 4 members (excludes halogenated alkanes) is 2. The Balaban J connectivity index is 1.21. The Morgan fingerprint density at radius 2 is 2.00 bits per heavy atom. The number of rotatable bonds is 12. The van der Waals surface area contributed by atoms with Gasteiger partial charge in [-0.2, -0.15) is 0 Å². The lowest BCUT2D eigenvalue weighted by Gasteiger charge is -2.40. The van der Waals surface area contributed by atoms with Gasteiger partial charge in [-0.05, 0) is 68.7 Å². The lowest BCUT2D eigenvalue weighted by atomic mass is 10.0. The van der Waals surface area contributed by atoms with E-state index in [0.717, 1.165) is 32.5 Å². The Bertz CT molecular complexity index is 740. The molecule has 2 heterocycles. The summed E-state index contributed by atoms with van der Waals surface area (Å²) < 4.78 is 0. The Morgan fingerprint density at radius 3 is 2.77 bits per heavy atom. The van der Waals surface area contributed by atoms with Crippen LogP contribution in [0.15, 0.2) is 59.8 Å². The second-order valence-electron chi connectivity index (χ2n) is 8.95. The third kappa shape index (κ3) is 7.14. The third-order valence-electron chi connectivity index (χ3n) is 6.47. The highest BCUT2D eigenvalue weighted by Gasteiger charge is 2.26. The zero-order valence-corrected chi connectivity index (χ0v) is 19.2. The summed E-state index contributed by atoms with van der Waals surface area (Å²) in [5.41, 5.74) is 7.03. The van der Waals surface area contributed by atoms with E-state index < -0.39 is 0 Å². The molecule has 0 aliphatic carbocycles. The summed E-state index contributed by atoms with van der Waals surface area (Å²) in [6.07, 6.45) is 13.0. The maximum Gasteiger partial charge on any atom is 0.0322 e. The smallest absolute Gasteiger partial charge is 0.0322 e. The van der Waals surface area contributed by atoms with Crippen molar-refractivity contribution in [1.29, 1.82) is 0 Å². The van der Waals surface area contributed by atoms with E-state index in [2.05, 4.69) is 72.4 Å². The molecule has 3 nitrogen and oxygen atoms in total. The zero-order chi connectivity index (χ0) is 21.2. The van der Waals surface area contributed by atoms with Crippen LogP contribution in [0.3, 0.4) is 0 Å². The van der Waals surface area contributed by atoms with Gasteiger partial charge >= 0.3 is 0 Å². The second kappa shape index (κ2) is 12.1. The number of likely N-dealkylation sites (tertiary alicyclic amines) is 1. The van der Waals surface area contributed by atoms with E-state index in [1.807, 2.05) is 0 Å². The normalized spacial score (nSPS) is 17.9. The Labute approximate surface area is 184 Å². The molecule has 1 fully saturated rings. The van der Waals surface area contributed by atoms with Gasteiger partial charge in [-0.1, -0.05) is 61.9 Å². The lowest BCUT2D eigenvalue weighted by Crippen LogP contribution is -2.57. The molecule has 3 heteroatoms. The van der Waals surface area contributed by atoms with Gasteiger partial charge in [0.05, 0.1) is 0 Å². The van der Waals surface area contributed by atoms with Crippen molar-refractivity contribution in [3.8, 4) is 0 Å². The second-order valence-corrected chi connectivity index (χ2v) is 8.95. The van der Waals surface area contributed by atoms with Crippen molar-refractivity contribution in [3.05, 3.63) is 71.0 Å². The van der Waals surface area contributed by atoms with Gasteiger partial charge in [-0.25, -0.2) is 0 Å². The van der Waals surface area contributed by atoms with E-state index in [4.69, 9.17) is 0 Å². The predicted molar refractivity (Wildman–Crippen MR) is 130 cm³/mol. The third-order valence-corrected chi connectivity index (χ3v) is 6.47. The van der Waals surface area contributed by atoms with Crippen molar-refractivity contribution in [3.63, 3.8) is 0 Å². The molecule has 0 spiro atoms. The van der Waals surface area contributed by atoms with E-state index in [1.165, 1.54) is 73.2 Å². The first-order valence-corrected chi connectivity index (χ1v) is 12.0. The van der Waals surface area contributed by atoms with Gasteiger partial charge in [0, 0.05) is 37.9 Å². The highest BCUT2D eigenvalue weighted by molar-refractivity contribution is 5.30. The largest absolute Gasteiger partial charge is 0.388 e. The quantitative estimate of drug-likeness (QED) is 0.361. The van der Waals surface area contributed by atoms with Gasteiger partial charge in [0.1, 0.15) is 0 Å². The summed E-state index contributed by atoms with van der Waals surface area (Å²) in [6.45, 7) is 14.4. The van der Waals surface area contributed by atoms with Crippen LogP contribution in [0.25, 0.3) is 0 Å². The van der Waals surface area contributed by atoms with Crippen LogP contribution in [0.5, 0.6) is 0 Å². The number of hydrogen-bond acceptors (Lipinski definition) is 3. The molecule has 0 saturated carbocycles. The van der Waals surface area contributed by atoms with E-state index >= 15 is 0 Å². The van der Waals surface area contributed by atoms with Crippen LogP contribution >= 0.6 is 0 Å². The molecule has 30 heavy (non-hydrogen) atoms. The number of benzene rings is 1. The van der Waals surface area contributed by atoms with Gasteiger partial charge < -0.3 is 10.6 Å². The number of hydrogen-bond donors (Lipinski definition) is 2. The summed E-state index contributed by atoms with van der Waals surface area (Å²) in [5, 5.41) is 7.18. The average Bonchev–Trinajstić information content (AvgIpc) is 2.73. The first-order chi connectivity index (χ1) is 14.7. The fourth-order valence-electron chi connectivity index (χ4n) is 4.45. The molecular weight excluding hydrogens is 366 g/mol. The SMILES string of the molecule is C=C(/C=C\C1=C(C)NCCC1)CCCCCNC1CN(Cc2ccccc2CC)C1. The molecule has 0 bridgehead atoms. The molecule has 1 aromatic carbocycles. The minimum Gasteiger partial charge on any atom is -0.388 e. The van der Waals surface area contributed by atoms with Gasteiger partial charge in [0.25, 0.3) is 0 Å². The van der Waals surface area contributed by atoms with Gasteiger partial charge in [-0.15, -0.1) is 0 Å². The van der Waals surface area contributed by atoms with Crippen molar-refractivity contribution in [2.75, 3.05) is 26.2 Å². The number of nitrogens with zero attached hydrogens (tertiary/aromatic N) is 1. The minimum atomic E-state index is 0.678. The lowest BCUT2D eigenvalue weighted by molar-refractivity contribution is 0.118. The maximum atomic E-state index is 4.24. The maximum absolute atomic E-state index is 4.24. The molecule has 1 saturated heterocycles. The summed E-state index contributed by atoms with van der Waals surface area (Å²) in [5.74, 6) is 0. The minimum absolute atomic E-state index is 0.678. The van der Waals surface area contributed by atoms with E-state index in [-0.39, 0.29) is 0 Å². The molecule has 0 atom stereocenters. The van der Waals surface area contributed by atoms with Crippen LogP contribution in [-0.4, -0.2) is 37.1 Å². The molecule has 164 valence electrons. The van der Waals surface area contributed by atoms with Crippen LogP contribution in [0.4, 0.5) is 0 Å². The van der Waals surface area contributed by atoms with E-state index in [9.17, 15) is 0 Å². The molecule has 0 unspecified atom stereocenters. The first kappa shape index (κ1) is 22.8.